The lowest BCUT2D eigenvalue weighted by Gasteiger charge is -2.48. The fraction of sp³-hybridized carbons (Fsp3) is 0.436. The largest absolute Gasteiger partial charge is 0.125 e. The molecule has 2 saturated carbocycles. The summed E-state index contributed by atoms with van der Waals surface area (Å²) < 4.78 is 0. The van der Waals surface area contributed by atoms with Crippen LogP contribution in [0.4, 0.5) is 0 Å². The van der Waals surface area contributed by atoms with Crippen LogP contribution in [0.5, 0.6) is 0 Å². The molecular formula is C39H48Si. The van der Waals surface area contributed by atoms with Gasteiger partial charge in [0.25, 0.3) is 0 Å². The van der Waals surface area contributed by atoms with Gasteiger partial charge in [-0.2, -0.15) is 0 Å². The van der Waals surface area contributed by atoms with Crippen molar-refractivity contribution in [2.24, 2.45) is 35.0 Å². The van der Waals surface area contributed by atoms with Gasteiger partial charge in [-0.15, -0.1) is 6.58 Å². The Hall–Kier alpha value is -2.64. The van der Waals surface area contributed by atoms with Gasteiger partial charge in [0.15, 0.2) is 0 Å². The molecule has 0 amide bonds. The van der Waals surface area contributed by atoms with Crippen LogP contribution < -0.4 is 10.4 Å². The molecule has 0 bridgehead atoms. The van der Waals surface area contributed by atoms with Crippen LogP contribution in [-0.2, 0) is 0 Å². The van der Waals surface area contributed by atoms with Crippen LogP contribution in [-0.4, -0.2) is 8.07 Å². The van der Waals surface area contributed by atoms with Crippen LogP contribution in [0.3, 0.4) is 0 Å². The molecule has 0 saturated heterocycles. The molecule has 40 heavy (non-hydrogen) atoms. The molecule has 4 aliphatic carbocycles. The molecule has 0 heterocycles. The van der Waals surface area contributed by atoms with Crippen molar-refractivity contribution in [3.05, 3.63) is 121 Å². The van der Waals surface area contributed by atoms with E-state index in [1.807, 2.05) is 0 Å². The van der Waals surface area contributed by atoms with E-state index in [9.17, 15) is 0 Å². The lowest BCUT2D eigenvalue weighted by molar-refractivity contribution is 0.441. The first-order valence-electron chi connectivity index (χ1n) is 15.8. The highest BCUT2D eigenvalue weighted by atomic mass is 28.3. The predicted octanol–water partition coefficient (Wildman–Crippen LogP) is 9.29. The molecule has 2 aromatic rings. The Morgan fingerprint density at radius 3 is 2.00 bits per heavy atom. The van der Waals surface area contributed by atoms with Gasteiger partial charge in [0, 0.05) is 0 Å². The van der Waals surface area contributed by atoms with Gasteiger partial charge in [-0.1, -0.05) is 153 Å². The van der Waals surface area contributed by atoms with Crippen LogP contribution in [0.2, 0.25) is 11.1 Å². The molecule has 0 nitrogen and oxygen atoms in total. The lowest BCUT2D eigenvalue weighted by Crippen LogP contribution is -2.66. The molecule has 0 radical (unpaired) electrons. The van der Waals surface area contributed by atoms with Gasteiger partial charge in [0.1, 0.15) is 8.07 Å². The smallest absolute Gasteiger partial charge is 0.103 e. The quantitative estimate of drug-likeness (QED) is 0.241. The summed E-state index contributed by atoms with van der Waals surface area (Å²) in [6.45, 7) is 13.6. The maximum absolute atomic E-state index is 4.05. The second kappa shape index (κ2) is 11.0. The highest BCUT2D eigenvalue weighted by Gasteiger charge is 2.62. The second-order valence-electron chi connectivity index (χ2n) is 14.2. The fourth-order valence-electron chi connectivity index (χ4n) is 9.23. The first-order valence-corrected chi connectivity index (χ1v) is 18.0. The first kappa shape index (κ1) is 27.5. The SMILES string of the molecule is C=CCCC1CCC([Si](c2ccccc2)(c2ccccc2)C2C3C=C(C)C=CC3C3C=CC(C(C)(C)C)=CC32)C1. The van der Waals surface area contributed by atoms with Crippen molar-refractivity contribution >= 4 is 18.4 Å². The summed E-state index contributed by atoms with van der Waals surface area (Å²) in [5.41, 5.74) is 4.54. The predicted molar refractivity (Wildman–Crippen MR) is 176 cm³/mol. The zero-order valence-electron chi connectivity index (χ0n) is 25.1. The van der Waals surface area contributed by atoms with Crippen LogP contribution in [0.1, 0.15) is 59.8 Å². The molecule has 208 valence electrons. The maximum atomic E-state index is 4.05. The van der Waals surface area contributed by atoms with Crippen LogP contribution >= 0.6 is 0 Å². The zero-order valence-corrected chi connectivity index (χ0v) is 26.1. The Bertz CT molecular complexity index is 1280. The third kappa shape index (κ3) is 4.69. The summed E-state index contributed by atoms with van der Waals surface area (Å²) in [6, 6.07) is 23.9. The lowest BCUT2D eigenvalue weighted by atomic mass is 9.76. The van der Waals surface area contributed by atoms with Crippen LogP contribution in [0, 0.1) is 35.0 Å². The van der Waals surface area contributed by atoms with E-state index in [-0.39, 0.29) is 5.41 Å². The molecule has 0 aromatic heterocycles. The van der Waals surface area contributed by atoms with Crippen LogP contribution in [0.25, 0.3) is 0 Å². The minimum absolute atomic E-state index is 0.161. The molecule has 7 unspecified atom stereocenters. The topological polar surface area (TPSA) is 0 Å². The number of rotatable bonds is 7. The van der Waals surface area contributed by atoms with Crippen molar-refractivity contribution < 1.29 is 0 Å². The molecule has 2 fully saturated rings. The summed E-state index contributed by atoms with van der Waals surface area (Å²) in [4.78, 5) is 0. The van der Waals surface area contributed by atoms with Gasteiger partial charge < -0.3 is 0 Å². The van der Waals surface area contributed by atoms with E-state index in [1.165, 1.54) is 36.8 Å². The van der Waals surface area contributed by atoms with E-state index >= 15 is 0 Å². The zero-order chi connectivity index (χ0) is 27.9. The van der Waals surface area contributed by atoms with E-state index in [2.05, 4.69) is 137 Å². The first-order chi connectivity index (χ1) is 19.3. The van der Waals surface area contributed by atoms with Gasteiger partial charge in [-0.05, 0) is 77.8 Å². The molecule has 0 aliphatic heterocycles. The Kier molecular flexibility index (Phi) is 7.55. The van der Waals surface area contributed by atoms with Crippen molar-refractivity contribution in [1.29, 1.82) is 0 Å². The van der Waals surface area contributed by atoms with Crippen molar-refractivity contribution in [1.82, 2.24) is 0 Å². The number of allylic oxidation sites excluding steroid dienone is 9. The van der Waals surface area contributed by atoms with Gasteiger partial charge >= 0.3 is 0 Å². The third-order valence-corrected chi connectivity index (χ3v) is 17.1. The van der Waals surface area contributed by atoms with E-state index in [0.29, 0.717) is 29.2 Å². The Morgan fingerprint density at radius 2 is 1.40 bits per heavy atom. The summed E-state index contributed by atoms with van der Waals surface area (Å²) in [5, 5.41) is 3.33. The van der Waals surface area contributed by atoms with Crippen molar-refractivity contribution in [2.75, 3.05) is 0 Å². The monoisotopic (exact) mass is 544 g/mol. The van der Waals surface area contributed by atoms with Gasteiger partial charge in [-0.3, -0.25) is 0 Å². The minimum atomic E-state index is -2.28. The van der Waals surface area contributed by atoms with Crippen LogP contribution in [0.15, 0.2) is 121 Å². The van der Waals surface area contributed by atoms with E-state index in [0.717, 1.165) is 17.9 Å². The average Bonchev–Trinajstić information content (AvgIpc) is 3.56. The standard InChI is InChI=1S/C39H48Si/c1-6-7-14-29-20-22-33(26-29)40(31-15-10-8-11-16-31,32-17-12-9-13-18-32)38-36-25-28(2)19-23-34(36)35-24-21-30(27-37(35)38)39(3,4)5/h6,8-13,15-19,21,23-25,27,29,33-38H,1,7,14,20,22,26H2,2-5H3. The van der Waals surface area contributed by atoms with Crippen molar-refractivity contribution in [2.45, 2.75) is 70.9 Å². The van der Waals surface area contributed by atoms with Gasteiger partial charge in [0.05, 0.1) is 0 Å². The third-order valence-electron chi connectivity index (χ3n) is 10.9. The van der Waals surface area contributed by atoms with Gasteiger partial charge in [0.2, 0.25) is 0 Å². The molecule has 6 rings (SSSR count). The molecule has 0 spiro atoms. The molecule has 4 aliphatic rings. The Labute approximate surface area is 244 Å². The molecule has 2 aromatic carbocycles. The van der Waals surface area contributed by atoms with E-state index < -0.39 is 8.07 Å². The van der Waals surface area contributed by atoms with Crippen molar-refractivity contribution in [3.8, 4) is 0 Å². The maximum Gasteiger partial charge on any atom is 0.125 e. The number of benzene rings is 2. The van der Waals surface area contributed by atoms with Gasteiger partial charge in [-0.25, -0.2) is 0 Å². The number of hydrogen-bond acceptors (Lipinski definition) is 0. The highest BCUT2D eigenvalue weighted by Crippen LogP contribution is 2.63. The van der Waals surface area contributed by atoms with Crippen molar-refractivity contribution in [3.63, 3.8) is 0 Å². The summed E-state index contributed by atoms with van der Waals surface area (Å²) in [7, 11) is -2.28. The average molecular weight is 545 g/mol. The summed E-state index contributed by atoms with van der Waals surface area (Å²) in [6.07, 6.45) is 24.3. The fourth-order valence-corrected chi connectivity index (χ4v) is 16.5. The summed E-state index contributed by atoms with van der Waals surface area (Å²) >= 11 is 0. The normalized spacial score (nSPS) is 31.4. The number of fused-ring (bicyclic) bond motifs is 3. The molecule has 7 atom stereocenters. The molecule has 0 N–H and O–H groups in total. The Morgan fingerprint density at radius 1 is 0.800 bits per heavy atom. The summed E-state index contributed by atoms with van der Waals surface area (Å²) in [5.74, 6) is 3.15. The number of hydrogen-bond donors (Lipinski definition) is 0. The van der Waals surface area contributed by atoms with E-state index in [4.69, 9.17) is 0 Å². The second-order valence-corrected chi connectivity index (χ2v) is 18.6. The minimum Gasteiger partial charge on any atom is -0.103 e. The molecular weight excluding hydrogens is 497 g/mol. The highest BCUT2D eigenvalue weighted by molar-refractivity contribution is 7.04. The molecule has 1 heteroatoms. The Balaban J connectivity index is 1.60. The van der Waals surface area contributed by atoms with E-state index in [1.54, 1.807) is 10.4 Å².